The normalized spacial score (nSPS) is 21.6. The third-order valence-corrected chi connectivity index (χ3v) is 3.51. The van der Waals surface area contributed by atoms with Crippen molar-refractivity contribution in [3.63, 3.8) is 0 Å². The molecule has 0 saturated carbocycles. The van der Waals surface area contributed by atoms with Gasteiger partial charge in [-0.3, -0.25) is 14.9 Å². The Kier molecular flexibility index (Phi) is 4.19. The molecule has 1 amide bonds. The highest BCUT2D eigenvalue weighted by Gasteiger charge is 2.26. The van der Waals surface area contributed by atoms with E-state index in [1.807, 2.05) is 6.92 Å². The number of phenolic OH excluding ortho intramolecular Hbond substituents is 1. The molecule has 0 bridgehead atoms. The molecule has 0 spiro atoms. The van der Waals surface area contributed by atoms with Gasteiger partial charge < -0.3 is 15.2 Å². The first-order chi connectivity index (χ1) is 9.50. The van der Waals surface area contributed by atoms with Gasteiger partial charge in [-0.15, -0.1) is 0 Å². The van der Waals surface area contributed by atoms with Crippen molar-refractivity contribution in [1.82, 2.24) is 5.32 Å². The molecule has 0 radical (unpaired) electrons. The fourth-order valence-electron chi connectivity index (χ4n) is 2.23. The van der Waals surface area contributed by atoms with E-state index in [4.69, 9.17) is 4.74 Å². The largest absolute Gasteiger partial charge is 0.502 e. The van der Waals surface area contributed by atoms with Crippen LogP contribution >= 0.6 is 0 Å². The molecule has 0 aromatic heterocycles. The predicted molar refractivity (Wildman–Crippen MR) is 70.6 cm³/mol. The lowest BCUT2D eigenvalue weighted by atomic mass is 10.0. The highest BCUT2D eigenvalue weighted by Crippen LogP contribution is 2.29. The van der Waals surface area contributed by atoms with Gasteiger partial charge in [0.1, 0.15) is 0 Å². The number of para-hydroxylation sites is 1. The molecule has 108 valence electrons. The standard InChI is InChI=1S/C13H16N2O5/c1-8-9(5-6-20-8)7-14-13(17)10-3-2-4-11(12(10)16)15(18)19/h2-4,8-9,16H,5-7H2,1H3,(H,14,17). The van der Waals surface area contributed by atoms with Crippen LogP contribution in [0.3, 0.4) is 0 Å². The Balaban J connectivity index is 2.06. The van der Waals surface area contributed by atoms with Crippen molar-refractivity contribution in [2.45, 2.75) is 19.4 Å². The highest BCUT2D eigenvalue weighted by atomic mass is 16.6. The monoisotopic (exact) mass is 280 g/mol. The van der Waals surface area contributed by atoms with Gasteiger partial charge in [-0.25, -0.2) is 0 Å². The Morgan fingerprint density at radius 1 is 1.60 bits per heavy atom. The second-order valence-electron chi connectivity index (χ2n) is 4.77. The number of phenols is 1. The van der Waals surface area contributed by atoms with Crippen LogP contribution in [-0.4, -0.2) is 35.2 Å². The second kappa shape index (κ2) is 5.87. The number of nitro benzene ring substituents is 1. The topological polar surface area (TPSA) is 102 Å². The number of ether oxygens (including phenoxy) is 1. The number of nitrogens with one attached hydrogen (secondary N) is 1. The lowest BCUT2D eigenvalue weighted by Gasteiger charge is -2.14. The quantitative estimate of drug-likeness (QED) is 0.642. The van der Waals surface area contributed by atoms with E-state index < -0.39 is 22.3 Å². The zero-order valence-electron chi connectivity index (χ0n) is 11.0. The van der Waals surface area contributed by atoms with Crippen LogP contribution in [0.4, 0.5) is 5.69 Å². The number of benzene rings is 1. The number of carbonyl (C=O) groups is 1. The molecular weight excluding hydrogens is 264 g/mol. The Labute approximate surface area is 115 Å². The number of nitro groups is 1. The fourth-order valence-corrected chi connectivity index (χ4v) is 2.23. The van der Waals surface area contributed by atoms with Crippen LogP contribution in [0.5, 0.6) is 5.75 Å². The van der Waals surface area contributed by atoms with Crippen molar-refractivity contribution in [2.24, 2.45) is 5.92 Å². The number of hydrogen-bond donors (Lipinski definition) is 2. The van der Waals surface area contributed by atoms with E-state index in [2.05, 4.69) is 5.32 Å². The summed E-state index contributed by atoms with van der Waals surface area (Å²) in [4.78, 5) is 21.9. The molecule has 1 aliphatic rings. The Morgan fingerprint density at radius 2 is 2.35 bits per heavy atom. The van der Waals surface area contributed by atoms with Gasteiger partial charge in [0, 0.05) is 25.1 Å². The van der Waals surface area contributed by atoms with E-state index in [0.29, 0.717) is 13.2 Å². The molecular formula is C13H16N2O5. The maximum atomic E-state index is 12.0. The lowest BCUT2D eigenvalue weighted by molar-refractivity contribution is -0.385. The lowest BCUT2D eigenvalue weighted by Crippen LogP contribution is -2.32. The zero-order valence-corrected chi connectivity index (χ0v) is 11.0. The van der Waals surface area contributed by atoms with Crippen LogP contribution in [0.15, 0.2) is 18.2 Å². The number of amides is 1. The molecule has 7 nitrogen and oxygen atoms in total. The van der Waals surface area contributed by atoms with E-state index in [-0.39, 0.29) is 17.6 Å². The maximum absolute atomic E-state index is 12.0. The van der Waals surface area contributed by atoms with Crippen LogP contribution in [0.25, 0.3) is 0 Å². The van der Waals surface area contributed by atoms with Crippen molar-refractivity contribution >= 4 is 11.6 Å². The minimum absolute atomic E-state index is 0.0778. The first-order valence-corrected chi connectivity index (χ1v) is 6.37. The Morgan fingerprint density at radius 3 is 2.95 bits per heavy atom. The molecule has 1 aromatic rings. The summed E-state index contributed by atoms with van der Waals surface area (Å²) in [6, 6.07) is 3.87. The summed E-state index contributed by atoms with van der Waals surface area (Å²) in [6.07, 6.45) is 0.941. The van der Waals surface area contributed by atoms with Gasteiger partial charge >= 0.3 is 5.69 Å². The SMILES string of the molecule is CC1OCCC1CNC(=O)c1cccc([N+](=O)[O-])c1O. The van der Waals surface area contributed by atoms with Crippen LogP contribution in [0, 0.1) is 16.0 Å². The zero-order chi connectivity index (χ0) is 14.7. The Bertz CT molecular complexity index is 531. The van der Waals surface area contributed by atoms with Gasteiger partial charge in [-0.2, -0.15) is 0 Å². The fraction of sp³-hybridized carbons (Fsp3) is 0.462. The van der Waals surface area contributed by atoms with E-state index >= 15 is 0 Å². The average Bonchev–Trinajstić information content (AvgIpc) is 2.81. The van der Waals surface area contributed by atoms with Gasteiger partial charge in [0.25, 0.3) is 5.91 Å². The summed E-state index contributed by atoms with van der Waals surface area (Å²) in [5.41, 5.74) is -0.569. The summed E-state index contributed by atoms with van der Waals surface area (Å²) in [6.45, 7) is 3.03. The summed E-state index contributed by atoms with van der Waals surface area (Å²) in [7, 11) is 0. The molecule has 1 heterocycles. The molecule has 1 aliphatic heterocycles. The molecule has 1 saturated heterocycles. The number of nitrogens with zero attached hydrogens (tertiary/aromatic N) is 1. The molecule has 7 heteroatoms. The van der Waals surface area contributed by atoms with E-state index in [0.717, 1.165) is 12.5 Å². The summed E-state index contributed by atoms with van der Waals surface area (Å²) >= 11 is 0. The molecule has 0 aliphatic carbocycles. The summed E-state index contributed by atoms with van der Waals surface area (Å²) < 4.78 is 5.39. The minimum atomic E-state index is -0.723. The van der Waals surface area contributed by atoms with Gasteiger partial charge in [-0.05, 0) is 19.4 Å². The third-order valence-electron chi connectivity index (χ3n) is 3.51. The van der Waals surface area contributed by atoms with Crippen molar-refractivity contribution in [1.29, 1.82) is 0 Å². The highest BCUT2D eigenvalue weighted by molar-refractivity contribution is 5.98. The van der Waals surface area contributed by atoms with Crippen LogP contribution in [0.2, 0.25) is 0 Å². The van der Waals surface area contributed by atoms with Crippen LogP contribution in [-0.2, 0) is 4.74 Å². The maximum Gasteiger partial charge on any atom is 0.311 e. The van der Waals surface area contributed by atoms with Crippen molar-refractivity contribution in [3.05, 3.63) is 33.9 Å². The van der Waals surface area contributed by atoms with Gasteiger partial charge in [-0.1, -0.05) is 6.07 Å². The molecule has 1 fully saturated rings. The third kappa shape index (κ3) is 2.88. The molecule has 2 N–H and O–H groups in total. The first kappa shape index (κ1) is 14.3. The number of hydrogen-bond acceptors (Lipinski definition) is 5. The molecule has 20 heavy (non-hydrogen) atoms. The molecule has 2 unspecified atom stereocenters. The number of carbonyl (C=O) groups excluding carboxylic acids is 1. The Hall–Kier alpha value is -2.15. The summed E-state index contributed by atoms with van der Waals surface area (Å²) in [5, 5.41) is 23.1. The van der Waals surface area contributed by atoms with Crippen molar-refractivity contribution < 1.29 is 19.6 Å². The van der Waals surface area contributed by atoms with Crippen LogP contribution in [0.1, 0.15) is 23.7 Å². The van der Waals surface area contributed by atoms with Crippen molar-refractivity contribution in [3.8, 4) is 5.75 Å². The smallest absolute Gasteiger partial charge is 0.311 e. The number of aromatic hydroxyl groups is 1. The first-order valence-electron chi connectivity index (χ1n) is 6.37. The van der Waals surface area contributed by atoms with E-state index in [1.54, 1.807) is 0 Å². The molecule has 1 aromatic carbocycles. The second-order valence-corrected chi connectivity index (χ2v) is 4.77. The van der Waals surface area contributed by atoms with E-state index in [9.17, 15) is 20.0 Å². The van der Waals surface area contributed by atoms with Gasteiger partial charge in [0.2, 0.25) is 5.75 Å². The van der Waals surface area contributed by atoms with Crippen molar-refractivity contribution in [2.75, 3.05) is 13.2 Å². The summed E-state index contributed by atoms with van der Waals surface area (Å²) in [5.74, 6) is -0.907. The van der Waals surface area contributed by atoms with Crippen LogP contribution < -0.4 is 5.32 Å². The predicted octanol–water partition coefficient (Wildman–Crippen LogP) is 1.46. The minimum Gasteiger partial charge on any atom is -0.502 e. The number of rotatable bonds is 4. The van der Waals surface area contributed by atoms with Gasteiger partial charge in [0.15, 0.2) is 0 Å². The van der Waals surface area contributed by atoms with Gasteiger partial charge in [0.05, 0.1) is 16.6 Å². The van der Waals surface area contributed by atoms with E-state index in [1.165, 1.54) is 12.1 Å². The molecule has 2 rings (SSSR count). The average molecular weight is 280 g/mol. The molecule has 2 atom stereocenters.